The van der Waals surface area contributed by atoms with Crippen molar-refractivity contribution in [3.8, 4) is 0 Å². The number of carbonyl (C=O) groups excluding carboxylic acids is 1. The van der Waals surface area contributed by atoms with Crippen molar-refractivity contribution in [3.05, 3.63) is 59.5 Å². The second-order valence-corrected chi connectivity index (χ2v) is 5.92. The molecule has 4 heteroatoms. The smallest absolute Gasteiger partial charge is 0.287 e. The van der Waals surface area contributed by atoms with Gasteiger partial charge in [-0.05, 0) is 37.5 Å². The third kappa shape index (κ3) is 3.07. The van der Waals surface area contributed by atoms with Crippen LogP contribution in [0.4, 0.5) is 0 Å². The van der Waals surface area contributed by atoms with Crippen LogP contribution in [-0.2, 0) is 10.2 Å². The molecule has 0 bridgehead atoms. The van der Waals surface area contributed by atoms with Gasteiger partial charge in [0.2, 0.25) is 0 Å². The fourth-order valence-corrected chi connectivity index (χ4v) is 2.98. The summed E-state index contributed by atoms with van der Waals surface area (Å²) in [5, 5.41) is 3.02. The summed E-state index contributed by atoms with van der Waals surface area (Å²) in [6.45, 7) is 4.13. The maximum Gasteiger partial charge on any atom is 0.287 e. The van der Waals surface area contributed by atoms with E-state index in [1.807, 2.05) is 0 Å². The van der Waals surface area contributed by atoms with Crippen LogP contribution in [0.2, 0.25) is 0 Å². The van der Waals surface area contributed by atoms with E-state index in [1.54, 1.807) is 12.1 Å². The Morgan fingerprint density at radius 2 is 1.91 bits per heavy atom. The highest BCUT2D eigenvalue weighted by Gasteiger charge is 2.35. The average Bonchev–Trinajstić information content (AvgIpc) is 3.09. The monoisotopic (exact) mass is 299 g/mol. The third-order valence-electron chi connectivity index (χ3n) is 4.45. The van der Waals surface area contributed by atoms with Crippen molar-refractivity contribution in [1.82, 2.24) is 5.32 Å². The van der Waals surface area contributed by atoms with Gasteiger partial charge in [-0.2, -0.15) is 0 Å². The molecule has 2 heterocycles. The Kier molecular flexibility index (Phi) is 4.29. The molecule has 2 aromatic rings. The molecule has 0 unspecified atom stereocenters. The second-order valence-electron chi connectivity index (χ2n) is 5.92. The predicted molar refractivity (Wildman–Crippen MR) is 84.0 cm³/mol. The topological polar surface area (TPSA) is 51.5 Å². The molecule has 1 amide bonds. The van der Waals surface area contributed by atoms with Gasteiger partial charge in [0.15, 0.2) is 5.76 Å². The van der Waals surface area contributed by atoms with Crippen molar-refractivity contribution in [2.24, 2.45) is 0 Å². The predicted octanol–water partition coefficient (Wildman–Crippen LogP) is 3.07. The lowest BCUT2D eigenvalue weighted by Crippen LogP contribution is -2.44. The van der Waals surface area contributed by atoms with E-state index in [0.29, 0.717) is 12.3 Å². The quantitative estimate of drug-likeness (QED) is 0.944. The summed E-state index contributed by atoms with van der Waals surface area (Å²) in [6.07, 6.45) is 3.34. The van der Waals surface area contributed by atoms with Crippen molar-refractivity contribution in [1.29, 1.82) is 0 Å². The van der Waals surface area contributed by atoms with Gasteiger partial charge in [0, 0.05) is 25.2 Å². The largest absolute Gasteiger partial charge is 0.459 e. The molecule has 1 saturated heterocycles. The first-order valence-corrected chi connectivity index (χ1v) is 7.66. The zero-order valence-corrected chi connectivity index (χ0v) is 12.8. The first-order chi connectivity index (χ1) is 10.7. The van der Waals surface area contributed by atoms with E-state index >= 15 is 0 Å². The summed E-state index contributed by atoms with van der Waals surface area (Å²) in [6, 6.07) is 12.0. The van der Waals surface area contributed by atoms with Gasteiger partial charge in [-0.25, -0.2) is 0 Å². The van der Waals surface area contributed by atoms with Crippen molar-refractivity contribution in [3.63, 3.8) is 0 Å². The van der Waals surface area contributed by atoms with E-state index in [9.17, 15) is 4.79 Å². The fourth-order valence-electron chi connectivity index (χ4n) is 2.98. The van der Waals surface area contributed by atoms with E-state index in [1.165, 1.54) is 17.4 Å². The SMILES string of the molecule is Cc1ccc(C2(CNC(=O)c3ccco3)CCOCC2)cc1. The first-order valence-electron chi connectivity index (χ1n) is 7.66. The number of nitrogens with one attached hydrogen (secondary N) is 1. The summed E-state index contributed by atoms with van der Waals surface area (Å²) in [5.41, 5.74) is 2.44. The van der Waals surface area contributed by atoms with Crippen LogP contribution in [0.1, 0.15) is 34.5 Å². The number of rotatable bonds is 4. The minimum Gasteiger partial charge on any atom is -0.459 e. The molecule has 0 saturated carbocycles. The van der Waals surface area contributed by atoms with Gasteiger partial charge in [0.05, 0.1) is 6.26 Å². The summed E-state index contributed by atoms with van der Waals surface area (Å²) in [7, 11) is 0. The van der Waals surface area contributed by atoms with Gasteiger partial charge in [-0.3, -0.25) is 4.79 Å². The van der Waals surface area contributed by atoms with Gasteiger partial charge >= 0.3 is 0 Å². The van der Waals surface area contributed by atoms with Gasteiger partial charge in [-0.1, -0.05) is 29.8 Å². The number of hydrogen-bond acceptors (Lipinski definition) is 3. The molecule has 1 fully saturated rings. The highest BCUT2D eigenvalue weighted by Crippen LogP contribution is 2.34. The van der Waals surface area contributed by atoms with Crippen LogP contribution in [0.25, 0.3) is 0 Å². The molecular formula is C18H21NO3. The Labute approximate surface area is 130 Å². The zero-order valence-electron chi connectivity index (χ0n) is 12.8. The Balaban J connectivity index is 1.77. The van der Waals surface area contributed by atoms with E-state index in [2.05, 4.69) is 36.5 Å². The number of aryl methyl sites for hydroxylation is 1. The molecule has 1 aromatic carbocycles. The van der Waals surface area contributed by atoms with Gasteiger partial charge in [0.1, 0.15) is 0 Å². The molecule has 1 aliphatic rings. The van der Waals surface area contributed by atoms with E-state index in [-0.39, 0.29) is 11.3 Å². The molecule has 3 rings (SSSR count). The summed E-state index contributed by atoms with van der Waals surface area (Å²) in [5.74, 6) is 0.189. The number of benzene rings is 1. The Hall–Kier alpha value is -2.07. The van der Waals surface area contributed by atoms with Crippen LogP contribution >= 0.6 is 0 Å². The van der Waals surface area contributed by atoms with Crippen molar-refractivity contribution in [2.75, 3.05) is 19.8 Å². The lowest BCUT2D eigenvalue weighted by Gasteiger charge is -2.38. The first kappa shape index (κ1) is 14.9. The number of hydrogen-bond donors (Lipinski definition) is 1. The summed E-state index contributed by atoms with van der Waals surface area (Å²) < 4.78 is 10.7. The van der Waals surface area contributed by atoms with Crippen LogP contribution in [0.15, 0.2) is 47.1 Å². The highest BCUT2D eigenvalue weighted by molar-refractivity contribution is 5.91. The molecule has 22 heavy (non-hydrogen) atoms. The van der Waals surface area contributed by atoms with Crippen LogP contribution < -0.4 is 5.32 Å². The van der Waals surface area contributed by atoms with E-state index < -0.39 is 0 Å². The molecule has 1 aromatic heterocycles. The Bertz CT molecular complexity index is 610. The minimum atomic E-state index is -0.164. The molecule has 0 aliphatic carbocycles. The van der Waals surface area contributed by atoms with E-state index in [4.69, 9.17) is 9.15 Å². The van der Waals surface area contributed by atoms with Crippen molar-refractivity contribution >= 4 is 5.91 Å². The number of ether oxygens (including phenoxy) is 1. The van der Waals surface area contributed by atoms with Crippen LogP contribution in [0, 0.1) is 6.92 Å². The zero-order chi connectivity index (χ0) is 15.4. The van der Waals surface area contributed by atoms with Crippen LogP contribution in [-0.4, -0.2) is 25.7 Å². The van der Waals surface area contributed by atoms with Gasteiger partial charge < -0.3 is 14.5 Å². The lowest BCUT2D eigenvalue weighted by atomic mass is 9.74. The van der Waals surface area contributed by atoms with Crippen molar-refractivity contribution < 1.29 is 13.9 Å². The minimum absolute atomic E-state index is 0.0613. The van der Waals surface area contributed by atoms with Crippen molar-refractivity contribution in [2.45, 2.75) is 25.2 Å². The normalized spacial score (nSPS) is 17.1. The molecule has 1 N–H and O–H groups in total. The molecule has 4 nitrogen and oxygen atoms in total. The Morgan fingerprint density at radius 1 is 1.18 bits per heavy atom. The molecular weight excluding hydrogens is 278 g/mol. The lowest BCUT2D eigenvalue weighted by molar-refractivity contribution is 0.0484. The third-order valence-corrected chi connectivity index (χ3v) is 4.45. The highest BCUT2D eigenvalue weighted by atomic mass is 16.5. The number of amides is 1. The van der Waals surface area contributed by atoms with Crippen LogP contribution in [0.3, 0.4) is 0 Å². The standard InChI is InChI=1S/C18H21NO3/c1-14-4-6-15(7-5-14)18(8-11-21-12-9-18)13-19-17(20)16-3-2-10-22-16/h2-7,10H,8-9,11-13H2,1H3,(H,19,20). The van der Waals surface area contributed by atoms with Gasteiger partial charge in [0.25, 0.3) is 5.91 Å². The van der Waals surface area contributed by atoms with Gasteiger partial charge in [-0.15, -0.1) is 0 Å². The van der Waals surface area contributed by atoms with E-state index in [0.717, 1.165) is 26.1 Å². The summed E-state index contributed by atoms with van der Waals surface area (Å²) >= 11 is 0. The molecule has 0 radical (unpaired) electrons. The molecule has 1 aliphatic heterocycles. The van der Waals surface area contributed by atoms with Crippen LogP contribution in [0.5, 0.6) is 0 Å². The number of carbonyl (C=O) groups is 1. The molecule has 0 atom stereocenters. The maximum atomic E-state index is 12.1. The number of furan rings is 1. The molecule has 0 spiro atoms. The fraction of sp³-hybridized carbons (Fsp3) is 0.389. The molecule has 116 valence electrons. The average molecular weight is 299 g/mol. The summed E-state index contributed by atoms with van der Waals surface area (Å²) in [4.78, 5) is 12.1. The Morgan fingerprint density at radius 3 is 2.55 bits per heavy atom. The maximum absolute atomic E-state index is 12.1. The second kappa shape index (κ2) is 6.36.